The van der Waals surface area contributed by atoms with Crippen molar-refractivity contribution in [3.05, 3.63) is 48.2 Å². The second-order valence-electron chi connectivity index (χ2n) is 4.56. The number of imidazole rings is 1. The Kier molecular flexibility index (Phi) is 2.19. The lowest BCUT2D eigenvalue weighted by molar-refractivity contribution is 0.951. The summed E-state index contributed by atoms with van der Waals surface area (Å²) in [6.07, 6.45) is 3.67. The zero-order valence-corrected chi connectivity index (χ0v) is 11.2. The molecule has 0 aliphatic carbocycles. The highest BCUT2D eigenvalue weighted by Gasteiger charge is 2.08. The Hall–Kier alpha value is -2.20. The fourth-order valence-corrected chi connectivity index (χ4v) is 3.16. The molecule has 0 radical (unpaired) electrons. The van der Waals surface area contributed by atoms with Gasteiger partial charge in [-0.05, 0) is 29.1 Å². The number of hydrogen-bond donors (Lipinski definition) is 0. The summed E-state index contributed by atoms with van der Waals surface area (Å²) in [4.78, 5) is 10.1. The highest BCUT2D eigenvalue weighted by Crippen LogP contribution is 2.30. The third-order valence-electron chi connectivity index (χ3n) is 3.35. The zero-order chi connectivity index (χ0) is 12.8. The number of aryl methyl sites for hydroxylation is 1. The minimum atomic E-state index is 0.943. The van der Waals surface area contributed by atoms with Gasteiger partial charge in [0.1, 0.15) is 5.52 Å². The highest BCUT2D eigenvalue weighted by atomic mass is 32.1. The van der Waals surface area contributed by atoms with E-state index in [0.717, 1.165) is 21.9 Å². The van der Waals surface area contributed by atoms with E-state index in [2.05, 4.69) is 50.2 Å². The molecule has 0 fully saturated rings. The molecule has 0 bridgehead atoms. The lowest BCUT2D eigenvalue weighted by Crippen LogP contribution is -1.88. The summed E-state index contributed by atoms with van der Waals surface area (Å²) >= 11 is 1.75. The van der Waals surface area contributed by atoms with E-state index in [4.69, 9.17) is 0 Å². The molecule has 0 aliphatic heterocycles. The van der Waals surface area contributed by atoms with Crippen LogP contribution in [0.25, 0.3) is 32.4 Å². The van der Waals surface area contributed by atoms with Gasteiger partial charge in [-0.2, -0.15) is 0 Å². The molecular formula is C15H11N3S. The van der Waals surface area contributed by atoms with Crippen molar-refractivity contribution in [2.24, 2.45) is 7.05 Å². The molecule has 0 unspecified atom stereocenters. The van der Waals surface area contributed by atoms with Gasteiger partial charge in [0.15, 0.2) is 0 Å². The molecule has 0 saturated carbocycles. The van der Waals surface area contributed by atoms with Crippen molar-refractivity contribution in [1.82, 2.24) is 14.5 Å². The van der Waals surface area contributed by atoms with Crippen LogP contribution in [0.3, 0.4) is 0 Å². The molecule has 0 saturated heterocycles. The normalized spacial score (nSPS) is 11.4. The van der Waals surface area contributed by atoms with Gasteiger partial charge in [-0.1, -0.05) is 12.1 Å². The molecule has 0 atom stereocenters. The van der Waals surface area contributed by atoms with E-state index in [9.17, 15) is 0 Å². The standard InChI is InChI=1S/C15H11N3S/c1-18-9-17-13-8-16-12-5-4-10(7-11(12)15(13)18)14-3-2-6-19-14/h2-9H,1H3. The Bertz CT molecular complexity index is 875. The molecule has 0 amide bonds. The highest BCUT2D eigenvalue weighted by molar-refractivity contribution is 7.13. The van der Waals surface area contributed by atoms with E-state index < -0.39 is 0 Å². The Morgan fingerprint density at radius 1 is 1.11 bits per heavy atom. The van der Waals surface area contributed by atoms with Gasteiger partial charge in [-0.25, -0.2) is 4.98 Å². The Balaban J connectivity index is 2.11. The van der Waals surface area contributed by atoms with Crippen molar-refractivity contribution in [3.8, 4) is 10.4 Å². The van der Waals surface area contributed by atoms with Crippen LogP contribution in [0.5, 0.6) is 0 Å². The summed E-state index contributed by atoms with van der Waals surface area (Å²) in [5.41, 5.74) is 4.33. The molecule has 92 valence electrons. The van der Waals surface area contributed by atoms with E-state index in [1.165, 1.54) is 10.4 Å². The number of fused-ring (bicyclic) bond motifs is 3. The van der Waals surface area contributed by atoms with Crippen LogP contribution in [-0.2, 0) is 7.05 Å². The number of benzene rings is 1. The largest absolute Gasteiger partial charge is 0.333 e. The zero-order valence-electron chi connectivity index (χ0n) is 10.4. The van der Waals surface area contributed by atoms with Crippen molar-refractivity contribution in [2.75, 3.05) is 0 Å². The van der Waals surface area contributed by atoms with E-state index in [1.54, 1.807) is 11.3 Å². The van der Waals surface area contributed by atoms with Gasteiger partial charge in [0, 0.05) is 17.3 Å². The number of rotatable bonds is 1. The van der Waals surface area contributed by atoms with Gasteiger partial charge in [-0.3, -0.25) is 4.98 Å². The summed E-state index contributed by atoms with van der Waals surface area (Å²) in [6.45, 7) is 0. The molecule has 4 aromatic rings. The Morgan fingerprint density at radius 3 is 2.89 bits per heavy atom. The molecule has 3 nitrogen and oxygen atoms in total. The Morgan fingerprint density at radius 2 is 2.05 bits per heavy atom. The van der Waals surface area contributed by atoms with Crippen LogP contribution in [0.1, 0.15) is 0 Å². The van der Waals surface area contributed by atoms with E-state index in [0.29, 0.717) is 0 Å². The lowest BCUT2D eigenvalue weighted by Gasteiger charge is -2.04. The fraction of sp³-hybridized carbons (Fsp3) is 0.0667. The predicted octanol–water partition coefficient (Wildman–Crippen LogP) is 3.85. The molecule has 3 heterocycles. The molecule has 0 aliphatic rings. The molecular weight excluding hydrogens is 254 g/mol. The van der Waals surface area contributed by atoms with Gasteiger partial charge < -0.3 is 4.57 Å². The summed E-state index contributed by atoms with van der Waals surface area (Å²) < 4.78 is 2.05. The van der Waals surface area contributed by atoms with Crippen molar-refractivity contribution < 1.29 is 0 Å². The molecule has 4 heteroatoms. The average Bonchev–Trinajstić information content (AvgIpc) is 3.08. The summed E-state index contributed by atoms with van der Waals surface area (Å²) in [7, 11) is 2.02. The molecule has 3 aromatic heterocycles. The van der Waals surface area contributed by atoms with Crippen LogP contribution in [0.2, 0.25) is 0 Å². The van der Waals surface area contributed by atoms with E-state index in [1.807, 2.05) is 19.6 Å². The van der Waals surface area contributed by atoms with E-state index in [-0.39, 0.29) is 0 Å². The van der Waals surface area contributed by atoms with Gasteiger partial charge in [0.25, 0.3) is 0 Å². The topological polar surface area (TPSA) is 30.7 Å². The second-order valence-corrected chi connectivity index (χ2v) is 5.50. The predicted molar refractivity (Wildman–Crippen MR) is 79.3 cm³/mol. The third-order valence-corrected chi connectivity index (χ3v) is 4.27. The van der Waals surface area contributed by atoms with Gasteiger partial charge in [0.2, 0.25) is 0 Å². The van der Waals surface area contributed by atoms with Gasteiger partial charge in [0.05, 0.1) is 23.6 Å². The van der Waals surface area contributed by atoms with Crippen molar-refractivity contribution >= 4 is 33.3 Å². The van der Waals surface area contributed by atoms with Crippen molar-refractivity contribution in [2.45, 2.75) is 0 Å². The lowest BCUT2D eigenvalue weighted by atomic mass is 10.1. The van der Waals surface area contributed by atoms with Crippen LogP contribution < -0.4 is 0 Å². The summed E-state index contributed by atoms with van der Waals surface area (Å²) in [5.74, 6) is 0. The van der Waals surface area contributed by atoms with Crippen LogP contribution >= 0.6 is 11.3 Å². The first kappa shape index (κ1) is 10.7. The smallest absolute Gasteiger partial charge is 0.107 e. The monoisotopic (exact) mass is 265 g/mol. The molecule has 4 rings (SSSR count). The third kappa shape index (κ3) is 1.57. The number of pyridine rings is 1. The minimum Gasteiger partial charge on any atom is -0.333 e. The quantitative estimate of drug-likeness (QED) is 0.523. The van der Waals surface area contributed by atoms with Crippen LogP contribution in [0.15, 0.2) is 48.2 Å². The van der Waals surface area contributed by atoms with Crippen molar-refractivity contribution in [3.63, 3.8) is 0 Å². The number of nitrogens with zero attached hydrogens (tertiary/aromatic N) is 3. The summed E-state index contributed by atoms with van der Waals surface area (Å²) in [6, 6.07) is 10.6. The Labute approximate surface area is 114 Å². The second kappa shape index (κ2) is 3.90. The number of aromatic nitrogens is 3. The number of thiophene rings is 1. The summed E-state index contributed by atoms with van der Waals surface area (Å²) in [5, 5.41) is 3.26. The maximum absolute atomic E-state index is 4.47. The van der Waals surface area contributed by atoms with Crippen molar-refractivity contribution in [1.29, 1.82) is 0 Å². The first-order valence-electron chi connectivity index (χ1n) is 6.06. The van der Waals surface area contributed by atoms with Gasteiger partial charge >= 0.3 is 0 Å². The fourth-order valence-electron chi connectivity index (χ4n) is 2.44. The van der Waals surface area contributed by atoms with Crippen LogP contribution in [-0.4, -0.2) is 14.5 Å². The average molecular weight is 265 g/mol. The SMILES string of the molecule is Cn1cnc2cnc3ccc(-c4cccs4)cc3c21. The first-order chi connectivity index (χ1) is 9.33. The first-order valence-corrected chi connectivity index (χ1v) is 6.94. The molecule has 19 heavy (non-hydrogen) atoms. The number of hydrogen-bond acceptors (Lipinski definition) is 3. The minimum absolute atomic E-state index is 0.943. The van der Waals surface area contributed by atoms with Crippen LogP contribution in [0, 0.1) is 0 Å². The molecule has 0 N–H and O–H groups in total. The molecule has 0 spiro atoms. The van der Waals surface area contributed by atoms with E-state index >= 15 is 0 Å². The maximum Gasteiger partial charge on any atom is 0.107 e. The molecule has 1 aromatic carbocycles. The maximum atomic E-state index is 4.47. The van der Waals surface area contributed by atoms with Crippen LogP contribution in [0.4, 0.5) is 0 Å². The van der Waals surface area contributed by atoms with Gasteiger partial charge in [-0.15, -0.1) is 11.3 Å².